The molecule has 0 saturated carbocycles. The molecule has 0 saturated heterocycles. The van der Waals surface area contributed by atoms with Crippen molar-refractivity contribution in [2.75, 3.05) is 17.7 Å². The van der Waals surface area contributed by atoms with Gasteiger partial charge in [-0.05, 0) is 32.9 Å². The van der Waals surface area contributed by atoms with Gasteiger partial charge < -0.3 is 15.4 Å². The molecule has 0 aromatic heterocycles. The van der Waals surface area contributed by atoms with Crippen LogP contribution in [0.4, 0.5) is 21.5 Å². The fraction of sp³-hybridized carbons (Fsp3) is 0.294. The van der Waals surface area contributed by atoms with Gasteiger partial charge in [0.25, 0.3) is 0 Å². The Morgan fingerprint density at radius 1 is 1.14 bits per heavy atom. The van der Waals surface area contributed by atoms with Gasteiger partial charge in [-0.25, -0.2) is 4.39 Å². The molecule has 0 aliphatic heterocycles. The summed E-state index contributed by atoms with van der Waals surface area (Å²) < 4.78 is 19.4. The molecule has 112 valence electrons. The van der Waals surface area contributed by atoms with E-state index in [9.17, 15) is 4.39 Å². The molecule has 0 aliphatic rings. The van der Waals surface area contributed by atoms with E-state index in [0.29, 0.717) is 5.69 Å². The van der Waals surface area contributed by atoms with Crippen LogP contribution in [-0.4, -0.2) is 13.2 Å². The molecular formula is C17H21FN2O. The zero-order valence-electron chi connectivity index (χ0n) is 12.9. The van der Waals surface area contributed by atoms with Gasteiger partial charge in [-0.1, -0.05) is 17.7 Å². The Morgan fingerprint density at radius 3 is 2.33 bits per heavy atom. The summed E-state index contributed by atoms with van der Waals surface area (Å²) in [6.07, 6.45) is -0.0966. The van der Waals surface area contributed by atoms with Crippen molar-refractivity contribution in [1.29, 1.82) is 0 Å². The second-order valence-corrected chi connectivity index (χ2v) is 5.40. The minimum atomic E-state index is -0.442. The van der Waals surface area contributed by atoms with Crippen molar-refractivity contribution in [1.82, 2.24) is 0 Å². The minimum absolute atomic E-state index is 0.0966. The number of rotatable bonds is 4. The van der Waals surface area contributed by atoms with Gasteiger partial charge >= 0.3 is 0 Å². The number of hydrogen-bond acceptors (Lipinski definition) is 3. The van der Waals surface area contributed by atoms with E-state index in [2.05, 4.69) is 0 Å². The number of benzene rings is 2. The molecular weight excluding hydrogens is 267 g/mol. The van der Waals surface area contributed by atoms with Crippen molar-refractivity contribution in [3.63, 3.8) is 0 Å². The standard InChI is InChI=1S/C17H21FN2O/c1-11(2)21-17-10-16(15(19)9-14(17)18)20(4)13-7-5-12(3)6-8-13/h5-11H,19H2,1-4H3. The first-order chi connectivity index (χ1) is 9.88. The Hall–Kier alpha value is -2.23. The highest BCUT2D eigenvalue weighted by Gasteiger charge is 2.14. The van der Waals surface area contributed by atoms with Crippen LogP contribution in [0.1, 0.15) is 19.4 Å². The Kier molecular flexibility index (Phi) is 4.36. The first kappa shape index (κ1) is 15.2. The molecule has 2 rings (SSSR count). The monoisotopic (exact) mass is 288 g/mol. The first-order valence-corrected chi connectivity index (χ1v) is 6.94. The van der Waals surface area contributed by atoms with E-state index in [-0.39, 0.29) is 11.9 Å². The number of halogens is 1. The fourth-order valence-corrected chi connectivity index (χ4v) is 2.10. The average molecular weight is 288 g/mol. The third kappa shape index (κ3) is 3.45. The lowest BCUT2D eigenvalue weighted by Gasteiger charge is -2.23. The summed E-state index contributed by atoms with van der Waals surface area (Å²) in [6, 6.07) is 11.0. The molecule has 0 spiro atoms. The number of nitrogen functional groups attached to an aromatic ring is 1. The van der Waals surface area contributed by atoms with Crippen LogP contribution in [0.5, 0.6) is 5.75 Å². The van der Waals surface area contributed by atoms with Crippen molar-refractivity contribution in [3.05, 3.63) is 47.8 Å². The third-order valence-corrected chi connectivity index (χ3v) is 3.23. The topological polar surface area (TPSA) is 38.5 Å². The van der Waals surface area contributed by atoms with Gasteiger partial charge in [0.15, 0.2) is 11.6 Å². The molecule has 0 bridgehead atoms. The van der Waals surface area contributed by atoms with Crippen molar-refractivity contribution in [2.45, 2.75) is 26.9 Å². The van der Waals surface area contributed by atoms with Gasteiger partial charge in [0.1, 0.15) is 0 Å². The molecule has 0 amide bonds. The van der Waals surface area contributed by atoms with Crippen LogP contribution in [0.25, 0.3) is 0 Å². The Labute approximate surface area is 125 Å². The summed E-state index contributed by atoms with van der Waals surface area (Å²) in [7, 11) is 1.90. The molecule has 0 heterocycles. The second-order valence-electron chi connectivity index (χ2n) is 5.40. The Morgan fingerprint density at radius 2 is 1.76 bits per heavy atom. The Bertz CT molecular complexity index is 623. The molecule has 0 fully saturated rings. The number of anilines is 3. The maximum atomic E-state index is 13.9. The van der Waals surface area contributed by atoms with Crippen LogP contribution < -0.4 is 15.4 Å². The normalized spacial score (nSPS) is 10.8. The van der Waals surface area contributed by atoms with Crippen LogP contribution >= 0.6 is 0 Å². The largest absolute Gasteiger partial charge is 0.488 e. The van der Waals surface area contributed by atoms with Crippen molar-refractivity contribution >= 4 is 17.1 Å². The molecule has 2 aromatic rings. The predicted octanol–water partition coefficient (Wildman–Crippen LogP) is 4.27. The van der Waals surface area contributed by atoms with E-state index in [4.69, 9.17) is 10.5 Å². The van der Waals surface area contributed by atoms with Crippen LogP contribution in [-0.2, 0) is 0 Å². The number of nitrogens with two attached hydrogens (primary N) is 1. The maximum Gasteiger partial charge on any atom is 0.167 e. The van der Waals surface area contributed by atoms with E-state index < -0.39 is 5.82 Å². The van der Waals surface area contributed by atoms with Gasteiger partial charge in [-0.2, -0.15) is 0 Å². The molecule has 0 unspecified atom stereocenters. The summed E-state index contributed by atoms with van der Waals surface area (Å²) in [4.78, 5) is 1.92. The zero-order valence-corrected chi connectivity index (χ0v) is 12.9. The van der Waals surface area contributed by atoms with E-state index in [1.165, 1.54) is 11.6 Å². The summed E-state index contributed by atoms with van der Waals surface area (Å²) >= 11 is 0. The van der Waals surface area contributed by atoms with Gasteiger partial charge in [0.05, 0.1) is 17.5 Å². The number of aryl methyl sites for hydroxylation is 1. The highest BCUT2D eigenvalue weighted by atomic mass is 19.1. The SMILES string of the molecule is Cc1ccc(N(C)c2cc(OC(C)C)c(F)cc2N)cc1. The molecule has 3 nitrogen and oxygen atoms in total. The van der Waals surface area contributed by atoms with Gasteiger partial charge in [-0.15, -0.1) is 0 Å². The minimum Gasteiger partial charge on any atom is -0.488 e. The summed E-state index contributed by atoms with van der Waals surface area (Å²) in [5.41, 5.74) is 9.22. The maximum absolute atomic E-state index is 13.9. The van der Waals surface area contributed by atoms with Crippen molar-refractivity contribution < 1.29 is 9.13 Å². The molecule has 21 heavy (non-hydrogen) atoms. The van der Waals surface area contributed by atoms with Crippen LogP contribution in [0.3, 0.4) is 0 Å². The van der Waals surface area contributed by atoms with E-state index in [0.717, 1.165) is 11.4 Å². The summed E-state index contributed by atoms with van der Waals surface area (Å²) in [5, 5.41) is 0. The molecule has 0 radical (unpaired) electrons. The van der Waals surface area contributed by atoms with Crippen LogP contribution in [0.15, 0.2) is 36.4 Å². The number of nitrogens with zero attached hydrogens (tertiary/aromatic N) is 1. The van der Waals surface area contributed by atoms with E-state index in [1.807, 2.05) is 57.0 Å². The smallest absolute Gasteiger partial charge is 0.167 e. The molecule has 2 aromatic carbocycles. The molecule has 0 aliphatic carbocycles. The van der Waals surface area contributed by atoms with E-state index in [1.54, 1.807) is 6.07 Å². The highest BCUT2D eigenvalue weighted by Crippen LogP contribution is 2.34. The molecule has 4 heteroatoms. The lowest BCUT2D eigenvalue weighted by atomic mass is 10.2. The summed E-state index contributed by atoms with van der Waals surface area (Å²) in [5.74, 6) is -0.226. The quantitative estimate of drug-likeness (QED) is 0.854. The van der Waals surface area contributed by atoms with Crippen molar-refractivity contribution in [2.24, 2.45) is 0 Å². The lowest BCUT2D eigenvalue weighted by molar-refractivity contribution is 0.231. The predicted molar refractivity (Wildman–Crippen MR) is 85.8 cm³/mol. The third-order valence-electron chi connectivity index (χ3n) is 3.23. The molecule has 0 atom stereocenters. The van der Waals surface area contributed by atoms with Crippen molar-refractivity contribution in [3.8, 4) is 5.75 Å². The lowest BCUT2D eigenvalue weighted by Crippen LogP contribution is -2.13. The Balaban J connectivity index is 2.40. The van der Waals surface area contributed by atoms with Crippen LogP contribution in [0.2, 0.25) is 0 Å². The van der Waals surface area contributed by atoms with Gasteiger partial charge in [0, 0.05) is 24.9 Å². The summed E-state index contributed by atoms with van der Waals surface area (Å²) in [6.45, 7) is 5.75. The fourth-order valence-electron chi connectivity index (χ4n) is 2.10. The number of hydrogen-bond donors (Lipinski definition) is 1. The zero-order chi connectivity index (χ0) is 15.6. The first-order valence-electron chi connectivity index (χ1n) is 6.94. The second kappa shape index (κ2) is 6.04. The molecule has 2 N–H and O–H groups in total. The number of ether oxygens (including phenoxy) is 1. The van der Waals surface area contributed by atoms with E-state index >= 15 is 0 Å². The highest BCUT2D eigenvalue weighted by molar-refractivity contribution is 5.76. The average Bonchev–Trinajstić information content (AvgIpc) is 2.41. The van der Waals surface area contributed by atoms with Crippen LogP contribution in [0, 0.1) is 12.7 Å². The van der Waals surface area contributed by atoms with Gasteiger partial charge in [-0.3, -0.25) is 0 Å². The van der Waals surface area contributed by atoms with Gasteiger partial charge in [0.2, 0.25) is 0 Å².